The van der Waals surface area contributed by atoms with Gasteiger partial charge in [-0.05, 0) is 13.0 Å². The number of rotatable bonds is 2. The number of nitrogens with zero attached hydrogens (tertiary/aromatic N) is 2. The molecule has 0 aliphatic heterocycles. The zero-order valence-corrected chi connectivity index (χ0v) is 6.67. The average molecular weight is 175 g/mol. The quantitative estimate of drug-likeness (QED) is 0.726. The van der Waals surface area contributed by atoms with Gasteiger partial charge >= 0.3 is 5.97 Å². The molecule has 1 rings (SSSR count). The van der Waals surface area contributed by atoms with Crippen LogP contribution in [0.25, 0.3) is 0 Å². The van der Waals surface area contributed by atoms with Gasteiger partial charge in [-0.2, -0.15) is 5.10 Å². The fourth-order valence-corrected chi connectivity index (χ4v) is 1.01. The van der Waals surface area contributed by atoms with E-state index in [4.69, 9.17) is 16.7 Å². The summed E-state index contributed by atoms with van der Waals surface area (Å²) in [5.74, 6) is -0.949. The SMILES string of the molecule is Cc1cc(Cl)n(CC(=O)O)n1. The molecule has 1 aromatic heterocycles. The Labute approximate surface area is 68.4 Å². The first-order valence-corrected chi connectivity index (χ1v) is 3.39. The second-order valence-corrected chi connectivity index (χ2v) is 2.55. The lowest BCUT2D eigenvalue weighted by molar-refractivity contribution is -0.137. The van der Waals surface area contributed by atoms with E-state index in [1.165, 1.54) is 4.68 Å². The molecule has 0 aromatic carbocycles. The fraction of sp³-hybridized carbons (Fsp3) is 0.333. The second-order valence-electron chi connectivity index (χ2n) is 2.16. The maximum Gasteiger partial charge on any atom is 0.325 e. The Morgan fingerprint density at radius 2 is 2.55 bits per heavy atom. The van der Waals surface area contributed by atoms with Crippen LogP contribution >= 0.6 is 11.6 Å². The van der Waals surface area contributed by atoms with Gasteiger partial charge < -0.3 is 5.11 Å². The van der Waals surface area contributed by atoms with E-state index in [9.17, 15) is 4.79 Å². The molecule has 0 aliphatic carbocycles. The molecule has 4 nitrogen and oxygen atoms in total. The fourth-order valence-electron chi connectivity index (χ4n) is 0.753. The van der Waals surface area contributed by atoms with Crippen LogP contribution in [-0.4, -0.2) is 20.9 Å². The van der Waals surface area contributed by atoms with Crippen molar-refractivity contribution in [2.24, 2.45) is 0 Å². The molecular formula is C6H7ClN2O2. The zero-order valence-electron chi connectivity index (χ0n) is 5.91. The molecule has 0 spiro atoms. The Hall–Kier alpha value is -1.03. The standard InChI is InChI=1S/C6H7ClN2O2/c1-4-2-5(7)9(8-4)3-6(10)11/h2H,3H2,1H3,(H,10,11). The molecule has 0 fully saturated rings. The van der Waals surface area contributed by atoms with Crippen LogP contribution in [0.4, 0.5) is 0 Å². The van der Waals surface area contributed by atoms with Crippen molar-refractivity contribution in [2.75, 3.05) is 0 Å². The van der Waals surface area contributed by atoms with Crippen LogP contribution in [0.15, 0.2) is 6.07 Å². The number of carboxylic acid groups (broad SMARTS) is 1. The van der Waals surface area contributed by atoms with Crippen molar-refractivity contribution >= 4 is 17.6 Å². The summed E-state index contributed by atoms with van der Waals surface area (Å²) in [6.45, 7) is 1.57. The van der Waals surface area contributed by atoms with Crippen LogP contribution in [0.3, 0.4) is 0 Å². The van der Waals surface area contributed by atoms with E-state index in [1.54, 1.807) is 13.0 Å². The highest BCUT2D eigenvalue weighted by molar-refractivity contribution is 6.29. The lowest BCUT2D eigenvalue weighted by atomic mass is 10.5. The van der Waals surface area contributed by atoms with Gasteiger partial charge in [0.1, 0.15) is 11.7 Å². The number of halogens is 1. The Bertz CT molecular complexity index is 282. The highest BCUT2D eigenvalue weighted by Crippen LogP contribution is 2.09. The first kappa shape index (κ1) is 8.07. The normalized spacial score (nSPS) is 10.0. The molecule has 0 saturated carbocycles. The molecule has 0 radical (unpaired) electrons. The lowest BCUT2D eigenvalue weighted by Gasteiger charge is -1.95. The molecule has 0 aliphatic rings. The molecule has 1 aromatic rings. The molecule has 1 N–H and O–H groups in total. The predicted octanol–water partition coefficient (Wildman–Crippen LogP) is 0.930. The molecule has 5 heteroatoms. The van der Waals surface area contributed by atoms with Crippen LogP contribution in [0.2, 0.25) is 5.15 Å². The molecule has 0 unspecified atom stereocenters. The first-order chi connectivity index (χ1) is 5.09. The summed E-state index contributed by atoms with van der Waals surface area (Å²) in [5.41, 5.74) is 0.719. The molecule has 1 heterocycles. The highest BCUT2D eigenvalue weighted by atomic mass is 35.5. The minimum Gasteiger partial charge on any atom is -0.480 e. The zero-order chi connectivity index (χ0) is 8.43. The van der Waals surface area contributed by atoms with Crippen molar-refractivity contribution in [1.82, 2.24) is 9.78 Å². The van der Waals surface area contributed by atoms with Crippen LogP contribution in [0, 0.1) is 6.92 Å². The van der Waals surface area contributed by atoms with Crippen LogP contribution in [0.1, 0.15) is 5.69 Å². The monoisotopic (exact) mass is 174 g/mol. The molecule has 0 amide bonds. The average Bonchev–Trinajstić information content (AvgIpc) is 2.09. The van der Waals surface area contributed by atoms with Crippen LogP contribution < -0.4 is 0 Å². The summed E-state index contributed by atoms with van der Waals surface area (Å²) in [5, 5.41) is 12.6. The number of aryl methyl sites for hydroxylation is 1. The van der Waals surface area contributed by atoms with Gasteiger partial charge in [0.15, 0.2) is 0 Å². The van der Waals surface area contributed by atoms with Crippen molar-refractivity contribution in [2.45, 2.75) is 13.5 Å². The Kier molecular flexibility index (Phi) is 2.14. The van der Waals surface area contributed by atoms with E-state index < -0.39 is 5.97 Å². The maximum absolute atomic E-state index is 10.2. The number of hydrogen-bond donors (Lipinski definition) is 1. The van der Waals surface area contributed by atoms with E-state index in [0.717, 1.165) is 5.69 Å². The number of hydrogen-bond acceptors (Lipinski definition) is 2. The van der Waals surface area contributed by atoms with Gasteiger partial charge in [-0.3, -0.25) is 4.79 Å². The third-order valence-electron chi connectivity index (χ3n) is 1.14. The Morgan fingerprint density at radius 3 is 2.91 bits per heavy atom. The van der Waals surface area contributed by atoms with Gasteiger partial charge in [-0.15, -0.1) is 0 Å². The van der Waals surface area contributed by atoms with Crippen molar-refractivity contribution < 1.29 is 9.90 Å². The first-order valence-electron chi connectivity index (χ1n) is 3.01. The molecule has 60 valence electrons. The minimum atomic E-state index is -0.949. The van der Waals surface area contributed by atoms with E-state index in [0.29, 0.717) is 5.15 Å². The van der Waals surface area contributed by atoms with Gasteiger partial charge in [0.2, 0.25) is 0 Å². The van der Waals surface area contributed by atoms with E-state index >= 15 is 0 Å². The van der Waals surface area contributed by atoms with Crippen LogP contribution in [-0.2, 0) is 11.3 Å². The smallest absolute Gasteiger partial charge is 0.325 e. The minimum absolute atomic E-state index is 0.188. The molecular weight excluding hydrogens is 168 g/mol. The summed E-state index contributed by atoms with van der Waals surface area (Å²) in [6, 6.07) is 1.62. The molecule has 0 bridgehead atoms. The summed E-state index contributed by atoms with van der Waals surface area (Å²) in [4.78, 5) is 10.2. The van der Waals surface area contributed by atoms with Gasteiger partial charge in [0.25, 0.3) is 0 Å². The Morgan fingerprint density at radius 1 is 1.91 bits per heavy atom. The molecule has 11 heavy (non-hydrogen) atoms. The van der Waals surface area contributed by atoms with E-state index in [1.807, 2.05) is 0 Å². The van der Waals surface area contributed by atoms with Gasteiger partial charge in [0.05, 0.1) is 5.69 Å². The van der Waals surface area contributed by atoms with Crippen LogP contribution in [0.5, 0.6) is 0 Å². The summed E-state index contributed by atoms with van der Waals surface area (Å²) in [7, 11) is 0. The third-order valence-corrected chi connectivity index (χ3v) is 1.44. The van der Waals surface area contributed by atoms with E-state index in [-0.39, 0.29) is 6.54 Å². The van der Waals surface area contributed by atoms with Gasteiger partial charge in [-0.25, -0.2) is 4.68 Å². The predicted molar refractivity (Wildman–Crippen MR) is 39.6 cm³/mol. The van der Waals surface area contributed by atoms with Crippen molar-refractivity contribution in [3.8, 4) is 0 Å². The third kappa shape index (κ3) is 1.94. The van der Waals surface area contributed by atoms with Gasteiger partial charge in [-0.1, -0.05) is 11.6 Å². The highest BCUT2D eigenvalue weighted by Gasteiger charge is 2.05. The largest absolute Gasteiger partial charge is 0.480 e. The van der Waals surface area contributed by atoms with Gasteiger partial charge in [0, 0.05) is 0 Å². The lowest BCUT2D eigenvalue weighted by Crippen LogP contribution is -2.10. The number of aliphatic carboxylic acids is 1. The van der Waals surface area contributed by atoms with Crippen molar-refractivity contribution in [1.29, 1.82) is 0 Å². The number of aromatic nitrogens is 2. The van der Waals surface area contributed by atoms with Crippen molar-refractivity contribution in [3.05, 3.63) is 16.9 Å². The number of carbonyl (C=O) groups is 1. The maximum atomic E-state index is 10.2. The number of carboxylic acids is 1. The Balaban J connectivity index is 2.85. The summed E-state index contributed by atoms with van der Waals surface area (Å²) in [6.07, 6.45) is 0. The molecule has 0 atom stereocenters. The summed E-state index contributed by atoms with van der Waals surface area (Å²) < 4.78 is 1.24. The van der Waals surface area contributed by atoms with E-state index in [2.05, 4.69) is 5.10 Å². The summed E-state index contributed by atoms with van der Waals surface area (Å²) >= 11 is 5.63. The van der Waals surface area contributed by atoms with Crippen molar-refractivity contribution in [3.63, 3.8) is 0 Å². The molecule has 0 saturated heterocycles. The topological polar surface area (TPSA) is 55.1 Å². The second kappa shape index (κ2) is 2.92.